The lowest BCUT2D eigenvalue weighted by Gasteiger charge is -2.10. The van der Waals surface area contributed by atoms with Crippen LogP contribution in [0.1, 0.15) is 13.3 Å². The van der Waals surface area contributed by atoms with Crippen LogP contribution in [0.3, 0.4) is 0 Å². The van der Waals surface area contributed by atoms with Crippen molar-refractivity contribution in [3.05, 3.63) is 0 Å². The molecule has 2 amide bonds. The zero-order valence-electron chi connectivity index (χ0n) is 5.16. The lowest BCUT2D eigenvalue weighted by molar-refractivity contribution is -0.0549. The third-order valence-electron chi connectivity index (χ3n) is 0.765. The minimum Gasteiger partial charge on any atom is -0.287 e. The lowest BCUT2D eigenvalue weighted by Crippen LogP contribution is -2.36. The monoisotopic (exact) mass is 134 g/mol. The van der Waals surface area contributed by atoms with Crippen LogP contribution in [0.5, 0.6) is 0 Å². The second kappa shape index (κ2) is 4.11. The molecule has 0 radical (unpaired) electrons. The van der Waals surface area contributed by atoms with Crippen molar-refractivity contribution in [3.63, 3.8) is 0 Å². The smallest absolute Gasteiger partial charge is 0.287 e. The van der Waals surface area contributed by atoms with Gasteiger partial charge in [-0.25, -0.2) is 15.3 Å². The number of hydroxylamine groups is 3. The Kier molecular flexibility index (Phi) is 3.74. The summed E-state index contributed by atoms with van der Waals surface area (Å²) in [5.74, 6) is 0. The van der Waals surface area contributed by atoms with Gasteiger partial charge in [-0.2, -0.15) is 0 Å². The Morgan fingerprint density at radius 1 is 1.78 bits per heavy atom. The summed E-state index contributed by atoms with van der Waals surface area (Å²) in [6.45, 7) is 2.01. The van der Waals surface area contributed by atoms with Gasteiger partial charge in [0.05, 0.1) is 6.54 Å². The number of nitrogens with zero attached hydrogens (tertiary/aromatic N) is 1. The van der Waals surface area contributed by atoms with Gasteiger partial charge in [-0.3, -0.25) is 10.4 Å². The van der Waals surface area contributed by atoms with Crippen LogP contribution in [-0.2, 0) is 0 Å². The van der Waals surface area contributed by atoms with Crippen LogP contribution in [0.4, 0.5) is 4.79 Å². The van der Waals surface area contributed by atoms with Gasteiger partial charge in [0.15, 0.2) is 0 Å². The number of amides is 2. The normalized spacial score (nSPS) is 8.78. The van der Waals surface area contributed by atoms with Crippen LogP contribution in [0, 0.1) is 0 Å². The SMILES string of the molecule is CCCN(O)C(=O)NO. The number of rotatable bonds is 2. The average Bonchev–Trinajstić information content (AvgIpc) is 1.87. The van der Waals surface area contributed by atoms with Gasteiger partial charge in [-0.15, -0.1) is 0 Å². The predicted octanol–water partition coefficient (Wildman–Crippen LogP) is 0.186. The summed E-state index contributed by atoms with van der Waals surface area (Å²) in [6, 6.07) is -0.906. The predicted molar refractivity (Wildman–Crippen MR) is 29.1 cm³/mol. The second-order valence-electron chi connectivity index (χ2n) is 1.54. The van der Waals surface area contributed by atoms with Crippen molar-refractivity contribution in [2.24, 2.45) is 0 Å². The Bertz CT molecular complexity index is 95.8. The minimum absolute atomic E-state index is 0.215. The molecule has 0 unspecified atom stereocenters. The third kappa shape index (κ3) is 2.89. The third-order valence-corrected chi connectivity index (χ3v) is 0.765. The van der Waals surface area contributed by atoms with Crippen molar-refractivity contribution in [2.45, 2.75) is 13.3 Å². The van der Waals surface area contributed by atoms with Crippen LogP contribution < -0.4 is 5.48 Å². The Morgan fingerprint density at radius 3 is 2.67 bits per heavy atom. The molecule has 0 bridgehead atoms. The zero-order chi connectivity index (χ0) is 7.28. The molecule has 0 aliphatic heterocycles. The van der Waals surface area contributed by atoms with E-state index in [1.54, 1.807) is 6.92 Å². The molecule has 0 atom stereocenters. The van der Waals surface area contributed by atoms with Gasteiger partial charge < -0.3 is 0 Å². The van der Waals surface area contributed by atoms with Crippen molar-refractivity contribution in [1.82, 2.24) is 10.5 Å². The maximum atomic E-state index is 10.2. The van der Waals surface area contributed by atoms with Gasteiger partial charge in [-0.05, 0) is 6.42 Å². The first-order chi connectivity index (χ1) is 4.22. The molecule has 0 rings (SSSR count). The van der Waals surface area contributed by atoms with E-state index in [1.165, 1.54) is 5.48 Å². The molecule has 5 nitrogen and oxygen atoms in total. The van der Waals surface area contributed by atoms with E-state index in [1.807, 2.05) is 0 Å². The van der Waals surface area contributed by atoms with Crippen molar-refractivity contribution < 1.29 is 15.2 Å². The standard InChI is InChI=1S/C4H10N2O3/c1-2-3-6(9)4(7)5-8/h8-9H,2-3H2,1H3,(H,5,7). The van der Waals surface area contributed by atoms with Crippen LogP contribution in [0.15, 0.2) is 0 Å². The molecule has 0 spiro atoms. The number of hydrogen-bond donors (Lipinski definition) is 3. The van der Waals surface area contributed by atoms with Crippen molar-refractivity contribution >= 4 is 6.03 Å². The Hall–Kier alpha value is -0.810. The molecule has 5 heteroatoms. The van der Waals surface area contributed by atoms with Gasteiger partial charge in [-0.1, -0.05) is 6.92 Å². The average molecular weight is 134 g/mol. The maximum Gasteiger partial charge on any atom is 0.364 e. The summed E-state index contributed by atoms with van der Waals surface area (Å²) in [5, 5.41) is 16.9. The van der Waals surface area contributed by atoms with Crippen LogP contribution in [0.2, 0.25) is 0 Å². The van der Waals surface area contributed by atoms with E-state index >= 15 is 0 Å². The molecule has 0 aromatic carbocycles. The largest absolute Gasteiger partial charge is 0.364 e. The molecule has 0 heterocycles. The molecule has 9 heavy (non-hydrogen) atoms. The topological polar surface area (TPSA) is 72.8 Å². The summed E-state index contributed by atoms with van der Waals surface area (Å²) in [4.78, 5) is 10.2. The van der Waals surface area contributed by atoms with E-state index in [0.29, 0.717) is 11.5 Å². The van der Waals surface area contributed by atoms with E-state index in [4.69, 9.17) is 10.4 Å². The van der Waals surface area contributed by atoms with Crippen LogP contribution in [-0.4, -0.2) is 28.1 Å². The quantitative estimate of drug-likeness (QED) is 0.372. The molecule has 54 valence electrons. The van der Waals surface area contributed by atoms with E-state index in [9.17, 15) is 4.79 Å². The van der Waals surface area contributed by atoms with E-state index < -0.39 is 6.03 Å². The van der Waals surface area contributed by atoms with Crippen molar-refractivity contribution in [2.75, 3.05) is 6.54 Å². The molecule has 0 fully saturated rings. The molecule has 0 saturated carbocycles. The highest BCUT2D eigenvalue weighted by atomic mass is 16.5. The summed E-state index contributed by atoms with van der Waals surface area (Å²) in [6.07, 6.45) is 0.643. The number of carbonyl (C=O) groups is 1. The lowest BCUT2D eigenvalue weighted by atomic mass is 10.5. The fourth-order valence-electron chi connectivity index (χ4n) is 0.371. The van der Waals surface area contributed by atoms with Gasteiger partial charge in [0.1, 0.15) is 0 Å². The Balaban J connectivity index is 3.45. The number of hydrogen-bond acceptors (Lipinski definition) is 3. The molecule has 0 aromatic heterocycles. The Labute approximate surface area is 52.8 Å². The summed E-state index contributed by atoms with van der Waals surface area (Å²) in [7, 11) is 0. The fourth-order valence-corrected chi connectivity index (χ4v) is 0.371. The maximum absolute atomic E-state index is 10.2. The molecular weight excluding hydrogens is 124 g/mol. The fraction of sp³-hybridized carbons (Fsp3) is 0.750. The van der Waals surface area contributed by atoms with Crippen LogP contribution in [0.25, 0.3) is 0 Å². The van der Waals surface area contributed by atoms with Crippen molar-refractivity contribution in [1.29, 1.82) is 0 Å². The summed E-state index contributed by atoms with van der Waals surface area (Å²) < 4.78 is 0. The first-order valence-electron chi connectivity index (χ1n) is 2.62. The molecular formula is C4H10N2O3. The van der Waals surface area contributed by atoms with Gasteiger partial charge in [0.25, 0.3) is 0 Å². The van der Waals surface area contributed by atoms with E-state index in [2.05, 4.69) is 0 Å². The van der Waals surface area contributed by atoms with Gasteiger partial charge >= 0.3 is 6.03 Å². The van der Waals surface area contributed by atoms with Crippen molar-refractivity contribution in [3.8, 4) is 0 Å². The highest BCUT2D eigenvalue weighted by Gasteiger charge is 2.05. The zero-order valence-corrected chi connectivity index (χ0v) is 5.16. The van der Waals surface area contributed by atoms with Crippen LogP contribution >= 0.6 is 0 Å². The van der Waals surface area contributed by atoms with Gasteiger partial charge in [0, 0.05) is 0 Å². The first kappa shape index (κ1) is 8.19. The summed E-state index contributed by atoms with van der Waals surface area (Å²) in [5.41, 5.74) is 1.29. The molecule has 0 aromatic rings. The number of urea groups is 1. The molecule has 0 saturated heterocycles. The second-order valence-corrected chi connectivity index (χ2v) is 1.54. The molecule has 0 aliphatic carbocycles. The number of carbonyl (C=O) groups excluding carboxylic acids is 1. The summed E-state index contributed by atoms with van der Waals surface area (Å²) >= 11 is 0. The van der Waals surface area contributed by atoms with E-state index in [-0.39, 0.29) is 6.54 Å². The Morgan fingerprint density at radius 2 is 2.33 bits per heavy atom. The molecule has 3 N–H and O–H groups in total. The number of nitrogens with one attached hydrogen (secondary N) is 1. The minimum atomic E-state index is -0.906. The first-order valence-corrected chi connectivity index (χ1v) is 2.62. The molecule has 0 aliphatic rings. The van der Waals surface area contributed by atoms with Gasteiger partial charge in [0.2, 0.25) is 0 Å². The highest BCUT2D eigenvalue weighted by molar-refractivity contribution is 5.71. The highest BCUT2D eigenvalue weighted by Crippen LogP contribution is 1.84. The van der Waals surface area contributed by atoms with E-state index in [0.717, 1.165) is 0 Å².